The van der Waals surface area contributed by atoms with Crippen molar-refractivity contribution in [2.45, 2.75) is 38.6 Å². The standard InChI is InChI=1S/C17H20N2O3S/c1-3-17(4-2,10-14(20)21)19-15(22)13-11-18-16(23-13)12-8-6-5-7-9-12/h5-9,11H,3-4,10H2,1-2H3,(H,19,22)(H,20,21). The van der Waals surface area contributed by atoms with E-state index in [1.165, 1.54) is 11.3 Å². The molecular weight excluding hydrogens is 312 g/mol. The number of benzene rings is 1. The molecule has 1 aromatic carbocycles. The lowest BCUT2D eigenvalue weighted by Crippen LogP contribution is -2.48. The molecule has 0 aliphatic heterocycles. The molecule has 6 heteroatoms. The molecule has 5 nitrogen and oxygen atoms in total. The number of hydrogen-bond acceptors (Lipinski definition) is 4. The number of carboxylic acids is 1. The van der Waals surface area contributed by atoms with Gasteiger partial charge in [0.1, 0.15) is 9.88 Å². The van der Waals surface area contributed by atoms with Gasteiger partial charge in [0.15, 0.2) is 0 Å². The molecule has 0 unspecified atom stereocenters. The molecule has 23 heavy (non-hydrogen) atoms. The number of aromatic nitrogens is 1. The highest BCUT2D eigenvalue weighted by atomic mass is 32.1. The molecule has 1 aromatic heterocycles. The molecule has 0 aliphatic rings. The van der Waals surface area contributed by atoms with Crippen LogP contribution in [0.3, 0.4) is 0 Å². The minimum Gasteiger partial charge on any atom is -0.481 e. The van der Waals surface area contributed by atoms with Gasteiger partial charge in [0.2, 0.25) is 0 Å². The summed E-state index contributed by atoms with van der Waals surface area (Å²) in [6.45, 7) is 3.77. The molecular formula is C17H20N2O3S. The second kappa shape index (κ2) is 7.37. The summed E-state index contributed by atoms with van der Waals surface area (Å²) < 4.78 is 0. The van der Waals surface area contributed by atoms with Crippen LogP contribution < -0.4 is 5.32 Å². The number of nitrogens with zero attached hydrogens (tertiary/aromatic N) is 1. The number of rotatable bonds is 7. The Labute approximate surface area is 139 Å². The van der Waals surface area contributed by atoms with Crippen LogP contribution in [0.25, 0.3) is 10.6 Å². The van der Waals surface area contributed by atoms with Crippen molar-refractivity contribution in [3.8, 4) is 10.6 Å². The lowest BCUT2D eigenvalue weighted by atomic mass is 9.89. The molecule has 0 aliphatic carbocycles. The Morgan fingerprint density at radius 2 is 1.87 bits per heavy atom. The lowest BCUT2D eigenvalue weighted by Gasteiger charge is -2.31. The van der Waals surface area contributed by atoms with E-state index in [9.17, 15) is 9.59 Å². The highest BCUT2D eigenvalue weighted by molar-refractivity contribution is 7.16. The molecule has 2 rings (SSSR count). The van der Waals surface area contributed by atoms with Gasteiger partial charge in [0, 0.05) is 5.56 Å². The van der Waals surface area contributed by atoms with E-state index in [2.05, 4.69) is 10.3 Å². The average molecular weight is 332 g/mol. The number of carbonyl (C=O) groups is 2. The molecule has 2 N–H and O–H groups in total. The van der Waals surface area contributed by atoms with Crippen LogP contribution in [0.15, 0.2) is 36.5 Å². The van der Waals surface area contributed by atoms with E-state index in [-0.39, 0.29) is 12.3 Å². The number of carbonyl (C=O) groups excluding carboxylic acids is 1. The summed E-state index contributed by atoms with van der Waals surface area (Å²) in [5.41, 5.74) is 0.235. The fourth-order valence-electron chi connectivity index (χ4n) is 2.41. The minimum absolute atomic E-state index is 0.0872. The number of hydrogen-bond donors (Lipinski definition) is 2. The zero-order chi connectivity index (χ0) is 16.9. The van der Waals surface area contributed by atoms with Crippen molar-refractivity contribution in [3.05, 3.63) is 41.4 Å². The van der Waals surface area contributed by atoms with Gasteiger partial charge in [-0.05, 0) is 12.8 Å². The first kappa shape index (κ1) is 17.1. The number of carboxylic acid groups (broad SMARTS) is 1. The van der Waals surface area contributed by atoms with Gasteiger partial charge < -0.3 is 10.4 Å². The Hall–Kier alpha value is -2.21. The molecule has 0 saturated heterocycles. The maximum atomic E-state index is 12.5. The Balaban J connectivity index is 2.17. The quantitative estimate of drug-likeness (QED) is 0.812. The zero-order valence-corrected chi connectivity index (χ0v) is 14.0. The molecule has 0 spiro atoms. The van der Waals surface area contributed by atoms with E-state index in [1.54, 1.807) is 6.20 Å². The van der Waals surface area contributed by atoms with Crippen molar-refractivity contribution in [3.63, 3.8) is 0 Å². The number of aliphatic carboxylic acids is 1. The van der Waals surface area contributed by atoms with Crippen molar-refractivity contribution in [1.82, 2.24) is 10.3 Å². The van der Waals surface area contributed by atoms with E-state index >= 15 is 0 Å². The van der Waals surface area contributed by atoms with Crippen LogP contribution in [0.2, 0.25) is 0 Å². The van der Waals surface area contributed by atoms with Crippen molar-refractivity contribution >= 4 is 23.2 Å². The summed E-state index contributed by atoms with van der Waals surface area (Å²) in [4.78, 5) is 28.3. The third-order valence-corrected chi connectivity index (χ3v) is 5.02. The smallest absolute Gasteiger partial charge is 0.305 e. The van der Waals surface area contributed by atoms with Gasteiger partial charge in [-0.15, -0.1) is 11.3 Å². The molecule has 0 saturated carbocycles. The number of thiazole rings is 1. The SMILES string of the molecule is CCC(CC)(CC(=O)O)NC(=O)c1cnc(-c2ccccc2)s1. The van der Waals surface area contributed by atoms with Crippen molar-refractivity contribution in [2.24, 2.45) is 0 Å². The van der Waals surface area contributed by atoms with Gasteiger partial charge in [-0.1, -0.05) is 44.2 Å². The van der Waals surface area contributed by atoms with Crippen LogP contribution in [-0.2, 0) is 4.79 Å². The second-order valence-electron chi connectivity index (χ2n) is 5.41. The average Bonchev–Trinajstić information content (AvgIpc) is 3.04. The highest BCUT2D eigenvalue weighted by Crippen LogP contribution is 2.26. The topological polar surface area (TPSA) is 79.3 Å². The molecule has 0 bridgehead atoms. The summed E-state index contributed by atoms with van der Waals surface area (Å²) in [6, 6.07) is 9.64. The lowest BCUT2D eigenvalue weighted by molar-refractivity contribution is -0.138. The summed E-state index contributed by atoms with van der Waals surface area (Å²) in [6.07, 6.45) is 2.58. The van der Waals surface area contributed by atoms with Crippen molar-refractivity contribution < 1.29 is 14.7 Å². The fraction of sp³-hybridized carbons (Fsp3) is 0.353. The Kier molecular flexibility index (Phi) is 5.50. The van der Waals surface area contributed by atoms with Gasteiger partial charge in [0.25, 0.3) is 5.91 Å². The summed E-state index contributed by atoms with van der Waals surface area (Å²) >= 11 is 1.30. The molecule has 2 aromatic rings. The Bertz CT molecular complexity index is 678. The maximum Gasteiger partial charge on any atom is 0.305 e. The first-order valence-corrected chi connectivity index (χ1v) is 8.37. The predicted octanol–water partition coefficient (Wildman–Crippen LogP) is 3.57. The van der Waals surface area contributed by atoms with Crippen LogP contribution in [0, 0.1) is 0 Å². The summed E-state index contributed by atoms with van der Waals surface area (Å²) in [7, 11) is 0. The van der Waals surface area contributed by atoms with Crippen molar-refractivity contribution in [2.75, 3.05) is 0 Å². The number of amides is 1. The van der Waals surface area contributed by atoms with Gasteiger partial charge in [0.05, 0.1) is 18.2 Å². The predicted molar refractivity (Wildman–Crippen MR) is 90.6 cm³/mol. The minimum atomic E-state index is -0.914. The summed E-state index contributed by atoms with van der Waals surface area (Å²) in [5.74, 6) is -1.18. The molecule has 122 valence electrons. The van der Waals surface area contributed by atoms with E-state index in [0.29, 0.717) is 17.7 Å². The normalized spacial score (nSPS) is 11.2. The first-order chi connectivity index (χ1) is 11.0. The molecule has 0 fully saturated rings. The van der Waals surface area contributed by atoms with E-state index < -0.39 is 11.5 Å². The largest absolute Gasteiger partial charge is 0.481 e. The van der Waals surface area contributed by atoms with Crippen LogP contribution in [0.1, 0.15) is 42.8 Å². The Morgan fingerprint density at radius 3 is 2.43 bits per heavy atom. The van der Waals surface area contributed by atoms with Gasteiger partial charge in [-0.2, -0.15) is 0 Å². The van der Waals surface area contributed by atoms with E-state index in [0.717, 1.165) is 10.6 Å². The van der Waals surface area contributed by atoms with Crippen LogP contribution >= 0.6 is 11.3 Å². The van der Waals surface area contributed by atoms with Gasteiger partial charge in [-0.25, -0.2) is 4.98 Å². The molecule has 0 radical (unpaired) electrons. The first-order valence-electron chi connectivity index (χ1n) is 7.55. The van der Waals surface area contributed by atoms with E-state index in [4.69, 9.17) is 5.11 Å². The number of nitrogens with one attached hydrogen (secondary N) is 1. The van der Waals surface area contributed by atoms with Gasteiger partial charge >= 0.3 is 5.97 Å². The van der Waals surface area contributed by atoms with E-state index in [1.807, 2.05) is 44.2 Å². The molecule has 1 heterocycles. The highest BCUT2D eigenvalue weighted by Gasteiger charge is 2.31. The van der Waals surface area contributed by atoms with Crippen LogP contribution in [-0.4, -0.2) is 27.5 Å². The van der Waals surface area contributed by atoms with Crippen LogP contribution in [0.5, 0.6) is 0 Å². The summed E-state index contributed by atoms with van der Waals surface area (Å²) in [5, 5.41) is 12.8. The Morgan fingerprint density at radius 1 is 1.22 bits per heavy atom. The monoisotopic (exact) mass is 332 g/mol. The maximum absolute atomic E-state index is 12.5. The molecule has 0 atom stereocenters. The fourth-order valence-corrected chi connectivity index (χ4v) is 3.22. The third kappa shape index (κ3) is 4.16. The van der Waals surface area contributed by atoms with Crippen molar-refractivity contribution in [1.29, 1.82) is 0 Å². The van der Waals surface area contributed by atoms with Gasteiger partial charge in [-0.3, -0.25) is 9.59 Å². The molecule has 1 amide bonds. The second-order valence-corrected chi connectivity index (χ2v) is 6.44. The third-order valence-electron chi connectivity index (χ3n) is 3.97. The zero-order valence-electron chi connectivity index (χ0n) is 13.2. The van der Waals surface area contributed by atoms with Crippen LogP contribution in [0.4, 0.5) is 0 Å².